The number of amides is 1. The van der Waals surface area contributed by atoms with E-state index in [-0.39, 0.29) is 11.8 Å². The molecular formula is C14H27N5O2. The number of hydrogen-bond donors (Lipinski definition) is 3. The van der Waals surface area contributed by atoms with Gasteiger partial charge in [0, 0.05) is 52.2 Å². The molecule has 7 nitrogen and oxygen atoms in total. The second kappa shape index (κ2) is 8.84. The zero-order chi connectivity index (χ0) is 14.9. The van der Waals surface area contributed by atoms with Gasteiger partial charge < -0.3 is 20.7 Å². The highest BCUT2D eigenvalue weighted by atomic mass is 16.5. The predicted molar refractivity (Wildman–Crippen MR) is 82.4 cm³/mol. The van der Waals surface area contributed by atoms with Crippen LogP contribution in [-0.4, -0.2) is 76.3 Å². The van der Waals surface area contributed by atoms with Crippen molar-refractivity contribution in [3.63, 3.8) is 0 Å². The third-order valence-corrected chi connectivity index (χ3v) is 3.71. The van der Waals surface area contributed by atoms with Gasteiger partial charge in [-0.05, 0) is 12.8 Å². The number of nitrogens with zero attached hydrogens (tertiary/aromatic N) is 2. The maximum absolute atomic E-state index is 11.5. The van der Waals surface area contributed by atoms with E-state index in [1.807, 2.05) is 0 Å². The van der Waals surface area contributed by atoms with Gasteiger partial charge in [0.15, 0.2) is 5.96 Å². The first-order chi connectivity index (χ1) is 10.3. The number of carbonyl (C=O) groups excluding carboxylic acids is 1. The van der Waals surface area contributed by atoms with Gasteiger partial charge in [-0.2, -0.15) is 0 Å². The van der Waals surface area contributed by atoms with Crippen LogP contribution >= 0.6 is 0 Å². The first-order valence-electron chi connectivity index (χ1n) is 7.82. The van der Waals surface area contributed by atoms with Crippen LogP contribution in [0, 0.1) is 5.92 Å². The number of aliphatic imine (C=N–C) groups is 1. The summed E-state index contributed by atoms with van der Waals surface area (Å²) >= 11 is 0. The molecule has 120 valence electrons. The summed E-state index contributed by atoms with van der Waals surface area (Å²) in [5, 5.41) is 9.41. The molecule has 0 atom stereocenters. The molecule has 1 saturated carbocycles. The maximum atomic E-state index is 11.5. The summed E-state index contributed by atoms with van der Waals surface area (Å²) in [5.41, 5.74) is 0. The van der Waals surface area contributed by atoms with Crippen molar-refractivity contribution in [2.45, 2.75) is 12.8 Å². The molecule has 1 aliphatic carbocycles. The Balaban J connectivity index is 1.50. The minimum absolute atomic E-state index is 0.187. The van der Waals surface area contributed by atoms with Crippen molar-refractivity contribution < 1.29 is 9.53 Å². The fraction of sp³-hybridized carbons (Fsp3) is 0.857. The minimum atomic E-state index is 0.187. The van der Waals surface area contributed by atoms with Gasteiger partial charge in [-0.3, -0.25) is 14.7 Å². The molecule has 2 aliphatic rings. The molecule has 0 spiro atoms. The van der Waals surface area contributed by atoms with Gasteiger partial charge >= 0.3 is 0 Å². The van der Waals surface area contributed by atoms with Crippen molar-refractivity contribution in [3.05, 3.63) is 0 Å². The molecule has 1 aliphatic heterocycles. The van der Waals surface area contributed by atoms with E-state index in [1.165, 1.54) is 0 Å². The average molecular weight is 297 g/mol. The maximum Gasteiger partial charge on any atom is 0.223 e. The van der Waals surface area contributed by atoms with Gasteiger partial charge in [-0.25, -0.2) is 0 Å². The van der Waals surface area contributed by atoms with Gasteiger partial charge in [0.25, 0.3) is 0 Å². The lowest BCUT2D eigenvalue weighted by molar-refractivity contribution is -0.122. The second-order valence-electron chi connectivity index (χ2n) is 5.45. The van der Waals surface area contributed by atoms with Crippen LogP contribution in [0.2, 0.25) is 0 Å². The Bertz CT molecular complexity index is 351. The van der Waals surface area contributed by atoms with E-state index in [1.54, 1.807) is 7.05 Å². The summed E-state index contributed by atoms with van der Waals surface area (Å²) in [7, 11) is 1.76. The van der Waals surface area contributed by atoms with Gasteiger partial charge in [0.05, 0.1) is 13.2 Å². The normalized spacial score (nSPS) is 20.1. The molecule has 0 aromatic heterocycles. The van der Waals surface area contributed by atoms with Gasteiger partial charge in [-0.1, -0.05) is 0 Å². The summed E-state index contributed by atoms with van der Waals surface area (Å²) in [6.07, 6.45) is 2.09. The Morgan fingerprint density at radius 3 is 2.48 bits per heavy atom. The molecule has 21 heavy (non-hydrogen) atoms. The number of hydrogen-bond acceptors (Lipinski definition) is 4. The van der Waals surface area contributed by atoms with Crippen molar-refractivity contribution in [1.82, 2.24) is 20.9 Å². The molecule has 1 saturated heterocycles. The number of nitrogens with one attached hydrogen (secondary N) is 3. The quantitative estimate of drug-likeness (QED) is 0.319. The Kier molecular flexibility index (Phi) is 6.75. The number of rotatable bonds is 7. The van der Waals surface area contributed by atoms with E-state index >= 15 is 0 Å². The Morgan fingerprint density at radius 2 is 1.81 bits per heavy atom. The number of carbonyl (C=O) groups is 1. The van der Waals surface area contributed by atoms with Gasteiger partial charge in [0.2, 0.25) is 5.91 Å². The average Bonchev–Trinajstić information content (AvgIpc) is 3.35. The van der Waals surface area contributed by atoms with Crippen LogP contribution in [0.15, 0.2) is 4.99 Å². The van der Waals surface area contributed by atoms with Crippen LogP contribution in [0.4, 0.5) is 0 Å². The van der Waals surface area contributed by atoms with E-state index in [9.17, 15) is 4.79 Å². The molecule has 3 N–H and O–H groups in total. The van der Waals surface area contributed by atoms with Crippen LogP contribution < -0.4 is 16.0 Å². The highest BCUT2D eigenvalue weighted by Gasteiger charge is 2.28. The fourth-order valence-corrected chi connectivity index (χ4v) is 2.23. The molecule has 2 fully saturated rings. The molecule has 0 bridgehead atoms. The third-order valence-electron chi connectivity index (χ3n) is 3.71. The predicted octanol–water partition coefficient (Wildman–Crippen LogP) is -0.990. The molecule has 1 heterocycles. The summed E-state index contributed by atoms with van der Waals surface area (Å²) in [5.74, 6) is 1.24. The molecule has 0 aromatic rings. The molecule has 7 heteroatoms. The lowest BCUT2D eigenvalue weighted by atomic mass is 10.4. The van der Waals surface area contributed by atoms with Crippen LogP contribution in [0.1, 0.15) is 12.8 Å². The molecule has 1 amide bonds. The van der Waals surface area contributed by atoms with E-state index < -0.39 is 0 Å². The molecule has 0 unspecified atom stereocenters. The summed E-state index contributed by atoms with van der Waals surface area (Å²) in [4.78, 5) is 18.0. The molecule has 2 rings (SSSR count). The second-order valence-corrected chi connectivity index (χ2v) is 5.45. The molecule has 0 aromatic carbocycles. The van der Waals surface area contributed by atoms with Gasteiger partial charge in [0.1, 0.15) is 0 Å². The van der Waals surface area contributed by atoms with Crippen molar-refractivity contribution in [2.24, 2.45) is 10.9 Å². The number of guanidine groups is 1. The van der Waals surface area contributed by atoms with Crippen molar-refractivity contribution in [1.29, 1.82) is 0 Å². The number of morpholine rings is 1. The first-order valence-corrected chi connectivity index (χ1v) is 7.82. The third kappa shape index (κ3) is 6.31. The van der Waals surface area contributed by atoms with E-state index in [0.29, 0.717) is 13.1 Å². The lowest BCUT2D eigenvalue weighted by Crippen LogP contribution is -2.45. The fourth-order valence-electron chi connectivity index (χ4n) is 2.23. The topological polar surface area (TPSA) is 78.0 Å². The monoisotopic (exact) mass is 297 g/mol. The zero-order valence-electron chi connectivity index (χ0n) is 12.9. The highest BCUT2D eigenvalue weighted by Crippen LogP contribution is 2.28. The summed E-state index contributed by atoms with van der Waals surface area (Å²) in [6, 6.07) is 0. The summed E-state index contributed by atoms with van der Waals surface area (Å²) < 4.78 is 5.32. The van der Waals surface area contributed by atoms with Crippen molar-refractivity contribution in [3.8, 4) is 0 Å². The van der Waals surface area contributed by atoms with Crippen LogP contribution in [0.3, 0.4) is 0 Å². The largest absolute Gasteiger partial charge is 0.379 e. The first kappa shape index (κ1) is 16.0. The highest BCUT2D eigenvalue weighted by molar-refractivity contribution is 5.81. The Labute approximate surface area is 126 Å². The van der Waals surface area contributed by atoms with E-state index in [4.69, 9.17) is 4.74 Å². The van der Waals surface area contributed by atoms with Crippen LogP contribution in [0.5, 0.6) is 0 Å². The standard InChI is InChI=1S/C14H27N5O2/c1-15-14(17-5-4-16-13(20)12-2-3-12)18-6-7-19-8-10-21-11-9-19/h12H,2-11H2,1H3,(H,16,20)(H2,15,17,18). The SMILES string of the molecule is CN=C(NCCNC(=O)C1CC1)NCCN1CCOCC1. The number of ether oxygens (including phenoxy) is 1. The summed E-state index contributed by atoms with van der Waals surface area (Å²) in [6.45, 7) is 6.83. The minimum Gasteiger partial charge on any atom is -0.379 e. The van der Waals surface area contributed by atoms with E-state index in [2.05, 4.69) is 25.8 Å². The van der Waals surface area contributed by atoms with Crippen molar-refractivity contribution >= 4 is 11.9 Å². The van der Waals surface area contributed by atoms with Crippen molar-refractivity contribution in [2.75, 3.05) is 59.5 Å². The van der Waals surface area contributed by atoms with E-state index in [0.717, 1.165) is 58.2 Å². The Morgan fingerprint density at radius 1 is 1.14 bits per heavy atom. The molecular weight excluding hydrogens is 270 g/mol. The van der Waals surface area contributed by atoms with Crippen LogP contribution in [-0.2, 0) is 9.53 Å². The van der Waals surface area contributed by atoms with Crippen LogP contribution in [0.25, 0.3) is 0 Å². The Hall–Kier alpha value is -1.34. The van der Waals surface area contributed by atoms with Gasteiger partial charge in [-0.15, -0.1) is 0 Å². The lowest BCUT2D eigenvalue weighted by Gasteiger charge is -2.26. The smallest absolute Gasteiger partial charge is 0.223 e. The zero-order valence-corrected chi connectivity index (χ0v) is 12.9. The molecule has 0 radical (unpaired) electrons.